The summed E-state index contributed by atoms with van der Waals surface area (Å²) < 4.78 is 23.0. The Morgan fingerprint density at radius 3 is 3.00 bits per heavy atom. The van der Waals surface area contributed by atoms with Crippen molar-refractivity contribution in [2.45, 2.75) is 32.4 Å². The standard InChI is InChI=1S/C12H21N3O2S2/c1-3-5-13-7-11-8-14-12(18-11)15(2)10-4-6-19(16,17)9-10/h8,10,13H,3-7,9H2,1-2H3. The highest BCUT2D eigenvalue weighted by Gasteiger charge is 2.31. The Morgan fingerprint density at radius 2 is 2.37 bits per heavy atom. The topological polar surface area (TPSA) is 62.3 Å². The molecule has 1 N–H and O–H groups in total. The summed E-state index contributed by atoms with van der Waals surface area (Å²) in [6, 6.07) is 0.0765. The van der Waals surface area contributed by atoms with Crippen molar-refractivity contribution in [3.8, 4) is 0 Å². The summed E-state index contributed by atoms with van der Waals surface area (Å²) in [5, 5.41) is 4.25. The number of nitrogens with one attached hydrogen (secondary N) is 1. The maximum atomic E-state index is 11.5. The number of aromatic nitrogens is 1. The van der Waals surface area contributed by atoms with E-state index in [1.54, 1.807) is 11.3 Å². The summed E-state index contributed by atoms with van der Waals surface area (Å²) in [5.74, 6) is 0.560. The lowest BCUT2D eigenvalue weighted by atomic mass is 10.2. The number of hydrogen-bond donors (Lipinski definition) is 1. The second-order valence-corrected chi connectivity index (χ2v) is 8.28. The van der Waals surface area contributed by atoms with Gasteiger partial charge in [-0.2, -0.15) is 0 Å². The number of hydrogen-bond acceptors (Lipinski definition) is 6. The van der Waals surface area contributed by atoms with Crippen LogP contribution in [0.4, 0.5) is 5.13 Å². The molecule has 1 fully saturated rings. The monoisotopic (exact) mass is 303 g/mol. The van der Waals surface area contributed by atoms with E-state index in [1.807, 2.05) is 18.1 Å². The lowest BCUT2D eigenvalue weighted by Gasteiger charge is -2.22. The molecule has 1 atom stereocenters. The Balaban J connectivity index is 1.94. The second-order valence-electron chi connectivity index (χ2n) is 4.95. The maximum Gasteiger partial charge on any atom is 0.185 e. The van der Waals surface area contributed by atoms with Crippen LogP contribution < -0.4 is 10.2 Å². The Kier molecular flexibility index (Phi) is 4.81. The number of nitrogens with zero attached hydrogens (tertiary/aromatic N) is 2. The smallest absolute Gasteiger partial charge is 0.185 e. The molecule has 2 rings (SSSR count). The quantitative estimate of drug-likeness (QED) is 0.802. The number of thiazole rings is 1. The van der Waals surface area contributed by atoms with Crippen molar-refractivity contribution in [3.63, 3.8) is 0 Å². The van der Waals surface area contributed by atoms with Crippen LogP contribution >= 0.6 is 11.3 Å². The SMILES string of the molecule is CCCNCc1cnc(N(C)C2CCS(=O)(=O)C2)s1. The van der Waals surface area contributed by atoms with Crippen molar-refractivity contribution >= 4 is 26.3 Å². The molecule has 0 aliphatic carbocycles. The Morgan fingerprint density at radius 1 is 1.58 bits per heavy atom. The fourth-order valence-corrected chi connectivity index (χ4v) is 4.85. The van der Waals surface area contributed by atoms with Crippen LogP contribution in [0.3, 0.4) is 0 Å². The first-order chi connectivity index (χ1) is 9.02. The summed E-state index contributed by atoms with van der Waals surface area (Å²) in [7, 11) is -0.898. The van der Waals surface area contributed by atoms with E-state index >= 15 is 0 Å². The van der Waals surface area contributed by atoms with Gasteiger partial charge in [0, 0.05) is 30.7 Å². The van der Waals surface area contributed by atoms with E-state index in [4.69, 9.17) is 0 Å². The van der Waals surface area contributed by atoms with E-state index in [-0.39, 0.29) is 11.8 Å². The van der Waals surface area contributed by atoms with Gasteiger partial charge < -0.3 is 10.2 Å². The predicted molar refractivity (Wildman–Crippen MR) is 79.6 cm³/mol. The van der Waals surface area contributed by atoms with Crippen LogP contribution in [0.1, 0.15) is 24.6 Å². The summed E-state index contributed by atoms with van der Waals surface area (Å²) in [5.41, 5.74) is 0. The fourth-order valence-electron chi connectivity index (χ4n) is 2.17. The molecule has 0 amide bonds. The van der Waals surface area contributed by atoms with Gasteiger partial charge in [-0.1, -0.05) is 6.92 Å². The predicted octanol–water partition coefficient (Wildman–Crippen LogP) is 1.27. The molecule has 1 aliphatic rings. The summed E-state index contributed by atoms with van der Waals surface area (Å²) in [4.78, 5) is 7.60. The zero-order valence-electron chi connectivity index (χ0n) is 11.4. The van der Waals surface area contributed by atoms with Crippen molar-refractivity contribution in [3.05, 3.63) is 11.1 Å². The van der Waals surface area contributed by atoms with Crippen molar-refractivity contribution < 1.29 is 8.42 Å². The first kappa shape index (κ1) is 14.7. The molecule has 108 valence electrons. The van der Waals surface area contributed by atoms with Gasteiger partial charge in [-0.15, -0.1) is 11.3 Å². The van der Waals surface area contributed by atoms with Gasteiger partial charge >= 0.3 is 0 Å². The first-order valence-corrected chi connectivity index (χ1v) is 9.24. The average Bonchev–Trinajstić information content (AvgIpc) is 2.95. The van der Waals surface area contributed by atoms with Crippen LogP contribution in [-0.4, -0.2) is 44.5 Å². The first-order valence-electron chi connectivity index (χ1n) is 6.60. The molecule has 1 aliphatic heterocycles. The molecule has 1 unspecified atom stereocenters. The highest BCUT2D eigenvalue weighted by Crippen LogP contribution is 2.26. The number of rotatable bonds is 6. The minimum Gasteiger partial charge on any atom is -0.347 e. The zero-order valence-corrected chi connectivity index (χ0v) is 13.1. The molecule has 19 heavy (non-hydrogen) atoms. The zero-order chi connectivity index (χ0) is 13.9. The molecule has 0 spiro atoms. The van der Waals surface area contributed by atoms with Gasteiger partial charge in [0.2, 0.25) is 0 Å². The molecule has 2 heterocycles. The van der Waals surface area contributed by atoms with Crippen LogP contribution in [0.5, 0.6) is 0 Å². The number of anilines is 1. The van der Waals surface area contributed by atoms with E-state index < -0.39 is 9.84 Å². The molecule has 1 saturated heterocycles. The van der Waals surface area contributed by atoms with Crippen molar-refractivity contribution in [2.24, 2.45) is 0 Å². The average molecular weight is 303 g/mol. The van der Waals surface area contributed by atoms with Gasteiger partial charge in [-0.25, -0.2) is 13.4 Å². The van der Waals surface area contributed by atoms with Gasteiger partial charge in [0.1, 0.15) is 0 Å². The minimum absolute atomic E-state index is 0.0765. The highest BCUT2D eigenvalue weighted by atomic mass is 32.2. The van der Waals surface area contributed by atoms with E-state index in [2.05, 4.69) is 17.2 Å². The lowest BCUT2D eigenvalue weighted by molar-refractivity contribution is 0.601. The van der Waals surface area contributed by atoms with Gasteiger partial charge in [0.05, 0.1) is 11.5 Å². The van der Waals surface area contributed by atoms with Crippen molar-refractivity contribution in [2.75, 3.05) is 30.0 Å². The molecular weight excluding hydrogens is 282 g/mol. The third-order valence-corrected chi connectivity index (χ3v) is 6.16. The normalized spacial score (nSPS) is 21.7. The summed E-state index contributed by atoms with van der Waals surface area (Å²) in [6.07, 6.45) is 3.70. The van der Waals surface area contributed by atoms with E-state index in [1.165, 1.54) is 4.88 Å². The Labute approximate surface area is 119 Å². The third kappa shape index (κ3) is 3.90. The second kappa shape index (κ2) is 6.19. The summed E-state index contributed by atoms with van der Waals surface area (Å²) in [6.45, 7) is 3.98. The largest absolute Gasteiger partial charge is 0.347 e. The molecule has 0 radical (unpaired) electrons. The van der Waals surface area contributed by atoms with Crippen molar-refractivity contribution in [1.82, 2.24) is 10.3 Å². The molecule has 7 heteroatoms. The number of sulfone groups is 1. The Bertz CT molecular complexity index is 513. The molecule has 5 nitrogen and oxygen atoms in total. The van der Waals surface area contributed by atoms with Crippen LogP contribution in [0.2, 0.25) is 0 Å². The minimum atomic E-state index is -2.84. The van der Waals surface area contributed by atoms with Gasteiger partial charge in [-0.3, -0.25) is 0 Å². The van der Waals surface area contributed by atoms with E-state index in [0.717, 1.165) is 24.6 Å². The molecule has 1 aromatic heterocycles. The lowest BCUT2D eigenvalue weighted by Crippen LogP contribution is -2.32. The molecule has 0 saturated carbocycles. The Hall–Kier alpha value is -0.660. The van der Waals surface area contributed by atoms with Crippen LogP contribution in [0, 0.1) is 0 Å². The fraction of sp³-hybridized carbons (Fsp3) is 0.750. The third-order valence-electron chi connectivity index (χ3n) is 3.33. The molecule has 0 bridgehead atoms. The molecular formula is C12H21N3O2S2. The van der Waals surface area contributed by atoms with Gasteiger partial charge in [0.25, 0.3) is 0 Å². The van der Waals surface area contributed by atoms with E-state index in [9.17, 15) is 8.42 Å². The van der Waals surface area contributed by atoms with Gasteiger partial charge in [0.15, 0.2) is 15.0 Å². The van der Waals surface area contributed by atoms with Crippen LogP contribution in [0.15, 0.2) is 6.20 Å². The van der Waals surface area contributed by atoms with Crippen LogP contribution in [0.25, 0.3) is 0 Å². The molecule has 1 aromatic rings. The van der Waals surface area contributed by atoms with Gasteiger partial charge in [-0.05, 0) is 19.4 Å². The highest BCUT2D eigenvalue weighted by molar-refractivity contribution is 7.91. The summed E-state index contributed by atoms with van der Waals surface area (Å²) >= 11 is 1.64. The maximum absolute atomic E-state index is 11.5. The van der Waals surface area contributed by atoms with Crippen LogP contribution in [-0.2, 0) is 16.4 Å². The van der Waals surface area contributed by atoms with E-state index in [0.29, 0.717) is 12.2 Å². The van der Waals surface area contributed by atoms with Crippen molar-refractivity contribution in [1.29, 1.82) is 0 Å². The molecule has 0 aromatic carbocycles.